The number of aliphatic hydroxyl groups excluding tert-OH is 1. The van der Waals surface area contributed by atoms with E-state index in [0.29, 0.717) is 12.4 Å². The van der Waals surface area contributed by atoms with Crippen molar-refractivity contribution >= 4 is 0 Å². The van der Waals surface area contributed by atoms with Gasteiger partial charge in [0.2, 0.25) is 5.82 Å². The minimum atomic E-state index is -0.684. The van der Waals surface area contributed by atoms with Crippen LogP contribution >= 0.6 is 0 Å². The molecule has 0 amide bonds. The van der Waals surface area contributed by atoms with Gasteiger partial charge in [-0.15, -0.1) is 10.2 Å². The largest absolute Gasteiger partial charge is 0.389 e. The molecule has 1 heterocycles. The number of aromatic nitrogens is 4. The van der Waals surface area contributed by atoms with Gasteiger partial charge in [0.05, 0.1) is 25.9 Å². The normalized spacial score (nSPS) is 12.2. The topological polar surface area (TPSA) is 73.1 Å². The molecule has 3 aromatic rings. The van der Waals surface area contributed by atoms with Crippen LogP contribution in [0, 0.1) is 0 Å². The molecule has 0 aliphatic rings. The van der Waals surface area contributed by atoms with Crippen molar-refractivity contribution in [3.63, 3.8) is 0 Å². The molecule has 0 aliphatic heterocycles. The molecule has 23 heavy (non-hydrogen) atoms. The lowest BCUT2D eigenvalue weighted by atomic mass is 10.2. The van der Waals surface area contributed by atoms with Gasteiger partial charge in [-0.05, 0) is 10.8 Å². The van der Waals surface area contributed by atoms with E-state index in [1.807, 2.05) is 60.7 Å². The third-order valence-electron chi connectivity index (χ3n) is 3.28. The van der Waals surface area contributed by atoms with Crippen molar-refractivity contribution in [2.45, 2.75) is 19.3 Å². The molecule has 3 rings (SSSR count). The van der Waals surface area contributed by atoms with E-state index in [4.69, 9.17) is 4.74 Å². The molecule has 0 spiro atoms. The summed E-state index contributed by atoms with van der Waals surface area (Å²) in [6.45, 7) is 0.934. The van der Waals surface area contributed by atoms with Crippen LogP contribution in [0.2, 0.25) is 0 Å². The molecule has 1 atom stereocenters. The summed E-state index contributed by atoms with van der Waals surface area (Å²) < 4.78 is 5.51. The standard InChI is InChI=1S/C17H18N4O2/c22-16(13-23-12-14-7-3-1-4-8-14)11-21-19-17(18-20-21)15-9-5-2-6-10-15/h1-10,16,22H,11-13H2. The first-order chi connectivity index (χ1) is 11.3. The van der Waals surface area contributed by atoms with E-state index in [1.54, 1.807) is 0 Å². The van der Waals surface area contributed by atoms with Gasteiger partial charge in [0.15, 0.2) is 0 Å². The molecule has 6 nitrogen and oxygen atoms in total. The van der Waals surface area contributed by atoms with Gasteiger partial charge < -0.3 is 9.84 Å². The zero-order valence-electron chi connectivity index (χ0n) is 12.6. The molecule has 0 saturated carbocycles. The molecular formula is C17H18N4O2. The zero-order chi connectivity index (χ0) is 15.9. The predicted octanol–water partition coefficient (Wildman–Crippen LogP) is 1.92. The van der Waals surface area contributed by atoms with Gasteiger partial charge in [-0.1, -0.05) is 60.7 Å². The predicted molar refractivity (Wildman–Crippen MR) is 85.4 cm³/mol. The maximum atomic E-state index is 10.0. The lowest BCUT2D eigenvalue weighted by Gasteiger charge is -2.10. The van der Waals surface area contributed by atoms with E-state index in [-0.39, 0.29) is 13.2 Å². The van der Waals surface area contributed by atoms with Crippen LogP contribution < -0.4 is 0 Å². The highest BCUT2D eigenvalue weighted by atomic mass is 16.5. The molecule has 2 aromatic carbocycles. The van der Waals surface area contributed by atoms with Gasteiger partial charge in [-0.2, -0.15) is 4.80 Å². The van der Waals surface area contributed by atoms with Gasteiger partial charge in [0.25, 0.3) is 0 Å². The average molecular weight is 310 g/mol. The lowest BCUT2D eigenvalue weighted by Crippen LogP contribution is -2.23. The Balaban J connectivity index is 1.48. The second-order valence-corrected chi connectivity index (χ2v) is 5.19. The fraction of sp³-hybridized carbons (Fsp3) is 0.235. The Hall–Kier alpha value is -2.57. The van der Waals surface area contributed by atoms with E-state index >= 15 is 0 Å². The first kappa shape index (κ1) is 15.3. The molecule has 118 valence electrons. The maximum absolute atomic E-state index is 10.0. The molecule has 6 heteroatoms. The molecule has 1 N–H and O–H groups in total. The summed E-state index contributed by atoms with van der Waals surface area (Å²) in [7, 11) is 0. The Kier molecular flexibility index (Phi) is 5.08. The van der Waals surface area contributed by atoms with Crippen LogP contribution in [0.25, 0.3) is 11.4 Å². The molecule has 0 saturated heterocycles. The van der Waals surface area contributed by atoms with Crippen molar-refractivity contribution < 1.29 is 9.84 Å². The Bertz CT molecular complexity index is 716. The van der Waals surface area contributed by atoms with Gasteiger partial charge in [-0.25, -0.2) is 0 Å². The second-order valence-electron chi connectivity index (χ2n) is 5.19. The first-order valence-electron chi connectivity index (χ1n) is 7.44. The zero-order valence-corrected chi connectivity index (χ0v) is 12.6. The van der Waals surface area contributed by atoms with Crippen LogP contribution in [-0.4, -0.2) is 38.0 Å². The number of hydrogen-bond acceptors (Lipinski definition) is 5. The summed E-state index contributed by atoms with van der Waals surface area (Å²) in [6, 6.07) is 19.4. The Morgan fingerprint density at radius 1 is 1.00 bits per heavy atom. The monoisotopic (exact) mass is 310 g/mol. The summed E-state index contributed by atoms with van der Waals surface area (Å²) in [6.07, 6.45) is -0.684. The Morgan fingerprint density at radius 3 is 2.43 bits per heavy atom. The number of ether oxygens (including phenoxy) is 1. The molecule has 1 unspecified atom stereocenters. The van der Waals surface area contributed by atoms with Crippen LogP contribution in [0.15, 0.2) is 60.7 Å². The van der Waals surface area contributed by atoms with Crippen molar-refractivity contribution in [1.82, 2.24) is 20.2 Å². The van der Waals surface area contributed by atoms with Gasteiger partial charge in [0.1, 0.15) is 0 Å². The quantitative estimate of drug-likeness (QED) is 0.722. The Morgan fingerprint density at radius 2 is 1.70 bits per heavy atom. The fourth-order valence-corrected chi connectivity index (χ4v) is 2.15. The smallest absolute Gasteiger partial charge is 0.204 e. The highest BCUT2D eigenvalue weighted by Gasteiger charge is 2.10. The second kappa shape index (κ2) is 7.62. The summed E-state index contributed by atoms with van der Waals surface area (Å²) >= 11 is 0. The number of nitrogens with zero attached hydrogens (tertiary/aromatic N) is 4. The van der Waals surface area contributed by atoms with Gasteiger partial charge in [-0.3, -0.25) is 0 Å². The number of hydrogen-bond donors (Lipinski definition) is 1. The summed E-state index contributed by atoms with van der Waals surface area (Å²) in [5.74, 6) is 0.544. The van der Waals surface area contributed by atoms with Crippen molar-refractivity contribution in [3.8, 4) is 11.4 Å². The fourth-order valence-electron chi connectivity index (χ4n) is 2.15. The van der Waals surface area contributed by atoms with E-state index < -0.39 is 6.10 Å². The first-order valence-corrected chi connectivity index (χ1v) is 7.44. The highest BCUT2D eigenvalue weighted by Crippen LogP contribution is 2.11. The number of aliphatic hydroxyl groups is 1. The van der Waals surface area contributed by atoms with Gasteiger partial charge in [0, 0.05) is 5.56 Å². The van der Waals surface area contributed by atoms with Crippen LogP contribution in [0.1, 0.15) is 5.56 Å². The van der Waals surface area contributed by atoms with E-state index in [9.17, 15) is 5.11 Å². The number of benzene rings is 2. The van der Waals surface area contributed by atoms with Crippen molar-refractivity contribution in [2.75, 3.05) is 6.61 Å². The summed E-state index contributed by atoms with van der Waals surface area (Å²) in [5.41, 5.74) is 1.97. The number of tetrazole rings is 1. The van der Waals surface area contributed by atoms with Crippen LogP contribution in [0.3, 0.4) is 0 Å². The van der Waals surface area contributed by atoms with Crippen LogP contribution in [0.4, 0.5) is 0 Å². The van der Waals surface area contributed by atoms with Crippen LogP contribution in [-0.2, 0) is 17.9 Å². The highest BCUT2D eigenvalue weighted by molar-refractivity contribution is 5.52. The molecule has 0 bridgehead atoms. The average Bonchev–Trinajstić information content (AvgIpc) is 3.05. The molecule has 0 aliphatic carbocycles. The van der Waals surface area contributed by atoms with Crippen LogP contribution in [0.5, 0.6) is 0 Å². The summed E-state index contributed by atoms with van der Waals surface area (Å²) in [5, 5.41) is 22.2. The van der Waals surface area contributed by atoms with E-state index in [2.05, 4.69) is 15.4 Å². The third-order valence-corrected chi connectivity index (χ3v) is 3.28. The van der Waals surface area contributed by atoms with Crippen molar-refractivity contribution in [1.29, 1.82) is 0 Å². The van der Waals surface area contributed by atoms with Crippen molar-refractivity contribution in [3.05, 3.63) is 66.2 Å². The van der Waals surface area contributed by atoms with E-state index in [0.717, 1.165) is 11.1 Å². The third kappa shape index (κ3) is 4.45. The molecule has 1 aromatic heterocycles. The molecule has 0 radical (unpaired) electrons. The molecule has 0 fully saturated rings. The Labute approximate surface area is 134 Å². The molecular weight excluding hydrogens is 292 g/mol. The SMILES string of the molecule is OC(COCc1ccccc1)Cn1nnc(-c2ccccc2)n1. The van der Waals surface area contributed by atoms with Gasteiger partial charge >= 0.3 is 0 Å². The van der Waals surface area contributed by atoms with Crippen molar-refractivity contribution in [2.24, 2.45) is 0 Å². The lowest BCUT2D eigenvalue weighted by molar-refractivity contribution is 0.0165. The van der Waals surface area contributed by atoms with E-state index in [1.165, 1.54) is 4.80 Å². The minimum absolute atomic E-state index is 0.219. The maximum Gasteiger partial charge on any atom is 0.204 e. The minimum Gasteiger partial charge on any atom is -0.389 e. The number of rotatable bonds is 7. The summed E-state index contributed by atoms with van der Waals surface area (Å²) in [4.78, 5) is 1.39.